The lowest BCUT2D eigenvalue weighted by Gasteiger charge is -2.02. The summed E-state index contributed by atoms with van der Waals surface area (Å²) in [5.41, 5.74) is 0. The maximum Gasteiger partial charge on any atom is 0.345 e. The first-order valence-corrected chi connectivity index (χ1v) is 6.14. The van der Waals surface area contributed by atoms with Gasteiger partial charge in [-0.25, -0.2) is 9.97 Å². The predicted octanol–water partition coefficient (Wildman–Crippen LogP) is 2.47. The number of aromatic nitrogens is 2. The second-order valence-corrected chi connectivity index (χ2v) is 6.17. The fourth-order valence-corrected chi connectivity index (χ4v) is 1.28. The monoisotopic (exact) mass is 211 g/mol. The molecular weight excluding hydrogens is 208 g/mol. The average Bonchev–Trinajstić information content (AvgIpc) is 1.85. The second-order valence-electron chi connectivity index (χ2n) is 1.65. The molecular formula is C4H4Cl2N3OP. The van der Waals surface area contributed by atoms with Gasteiger partial charge in [0, 0.05) is 12.4 Å². The van der Waals surface area contributed by atoms with E-state index in [1.54, 1.807) is 6.07 Å². The molecule has 1 aromatic rings. The van der Waals surface area contributed by atoms with Crippen LogP contribution >= 0.6 is 28.5 Å². The van der Waals surface area contributed by atoms with Crippen molar-refractivity contribution in [2.75, 3.05) is 5.09 Å². The molecule has 1 N–H and O–H groups in total. The number of hydrogen-bond acceptors (Lipinski definition) is 3. The van der Waals surface area contributed by atoms with E-state index < -0.39 is 6.00 Å². The van der Waals surface area contributed by atoms with Crippen LogP contribution in [0.2, 0.25) is 0 Å². The second kappa shape index (κ2) is 3.39. The molecule has 11 heavy (non-hydrogen) atoms. The van der Waals surface area contributed by atoms with Gasteiger partial charge in [-0.3, -0.25) is 9.65 Å². The van der Waals surface area contributed by atoms with Gasteiger partial charge in [-0.2, -0.15) is 0 Å². The van der Waals surface area contributed by atoms with E-state index in [4.69, 9.17) is 22.5 Å². The predicted molar refractivity (Wildman–Crippen MR) is 45.0 cm³/mol. The molecule has 0 fully saturated rings. The van der Waals surface area contributed by atoms with Crippen molar-refractivity contribution in [1.29, 1.82) is 0 Å². The zero-order valence-electron chi connectivity index (χ0n) is 5.24. The third-order valence-corrected chi connectivity index (χ3v) is 1.76. The van der Waals surface area contributed by atoms with Crippen LogP contribution in [0.4, 0.5) is 5.95 Å². The standard InChI is InChI=1S/C4H4Cl2N3OP/c5-11(6,10)9-4-7-2-1-3-8-4/h1-3H,(H,7,8,9,10). The van der Waals surface area contributed by atoms with Crippen molar-refractivity contribution in [1.82, 2.24) is 9.97 Å². The summed E-state index contributed by atoms with van der Waals surface area (Å²) in [6, 6.07) is 1.62. The molecule has 0 saturated heterocycles. The molecule has 0 atom stereocenters. The van der Waals surface area contributed by atoms with E-state index in [1.165, 1.54) is 12.4 Å². The molecule has 1 aromatic heterocycles. The Bertz CT molecular complexity index is 274. The fourth-order valence-electron chi connectivity index (χ4n) is 0.473. The van der Waals surface area contributed by atoms with Gasteiger partial charge in [-0.1, -0.05) is 0 Å². The maximum absolute atomic E-state index is 10.7. The van der Waals surface area contributed by atoms with Gasteiger partial charge in [0.15, 0.2) is 0 Å². The summed E-state index contributed by atoms with van der Waals surface area (Å²) in [6.45, 7) is 0. The van der Waals surface area contributed by atoms with Crippen LogP contribution in [0.25, 0.3) is 0 Å². The number of rotatable bonds is 2. The zero-order valence-corrected chi connectivity index (χ0v) is 7.64. The highest BCUT2D eigenvalue weighted by molar-refractivity contribution is 8.09. The van der Waals surface area contributed by atoms with Gasteiger partial charge in [-0.15, -0.1) is 0 Å². The highest BCUT2D eigenvalue weighted by Crippen LogP contribution is 2.55. The minimum atomic E-state index is -3.32. The van der Waals surface area contributed by atoms with Crippen molar-refractivity contribution < 1.29 is 4.57 Å². The van der Waals surface area contributed by atoms with Gasteiger partial charge >= 0.3 is 6.00 Å². The molecule has 0 amide bonds. The SMILES string of the molecule is O=P(Cl)(Cl)Nc1ncccn1. The van der Waals surface area contributed by atoms with Gasteiger partial charge < -0.3 is 0 Å². The van der Waals surface area contributed by atoms with Gasteiger partial charge in [0.2, 0.25) is 5.95 Å². The van der Waals surface area contributed by atoms with Crippen LogP contribution in [0.3, 0.4) is 0 Å². The van der Waals surface area contributed by atoms with E-state index in [0.29, 0.717) is 0 Å². The molecule has 60 valence electrons. The Morgan fingerprint density at radius 1 is 1.36 bits per heavy atom. The van der Waals surface area contributed by atoms with Crippen LogP contribution in [-0.4, -0.2) is 9.97 Å². The van der Waals surface area contributed by atoms with Crippen LogP contribution in [0.5, 0.6) is 0 Å². The topological polar surface area (TPSA) is 54.9 Å². The van der Waals surface area contributed by atoms with Gasteiger partial charge in [0.05, 0.1) is 0 Å². The molecule has 1 rings (SSSR count). The summed E-state index contributed by atoms with van der Waals surface area (Å²) >= 11 is 10.4. The van der Waals surface area contributed by atoms with E-state index in [1.807, 2.05) is 0 Å². The van der Waals surface area contributed by atoms with Crippen molar-refractivity contribution in [3.63, 3.8) is 0 Å². The summed E-state index contributed by atoms with van der Waals surface area (Å²) < 4.78 is 10.7. The van der Waals surface area contributed by atoms with E-state index in [2.05, 4.69) is 15.1 Å². The smallest absolute Gasteiger partial charge is 0.281 e. The lowest BCUT2D eigenvalue weighted by atomic mass is 10.7. The van der Waals surface area contributed by atoms with Gasteiger partial charge in [0.1, 0.15) is 0 Å². The molecule has 0 aliphatic carbocycles. The van der Waals surface area contributed by atoms with E-state index in [9.17, 15) is 4.57 Å². The van der Waals surface area contributed by atoms with Crippen molar-refractivity contribution in [2.45, 2.75) is 0 Å². The lowest BCUT2D eigenvalue weighted by Crippen LogP contribution is -1.92. The normalized spacial score (nSPS) is 11.1. The van der Waals surface area contributed by atoms with Crippen LogP contribution in [-0.2, 0) is 4.57 Å². The molecule has 0 aliphatic rings. The molecule has 0 radical (unpaired) electrons. The van der Waals surface area contributed by atoms with Crippen LogP contribution in [0, 0.1) is 0 Å². The summed E-state index contributed by atoms with van der Waals surface area (Å²) in [7, 11) is 0. The fraction of sp³-hybridized carbons (Fsp3) is 0. The van der Waals surface area contributed by atoms with Crippen molar-refractivity contribution in [3.05, 3.63) is 18.5 Å². The zero-order chi connectivity index (χ0) is 8.32. The van der Waals surface area contributed by atoms with Gasteiger partial charge in [0.25, 0.3) is 0 Å². The van der Waals surface area contributed by atoms with E-state index in [0.717, 1.165) is 0 Å². The highest BCUT2D eigenvalue weighted by Gasteiger charge is 2.13. The quantitative estimate of drug-likeness (QED) is 0.765. The average molecular weight is 212 g/mol. The van der Waals surface area contributed by atoms with E-state index >= 15 is 0 Å². The van der Waals surface area contributed by atoms with Crippen molar-refractivity contribution in [3.8, 4) is 0 Å². The Morgan fingerprint density at radius 2 is 1.91 bits per heavy atom. The first-order valence-electron chi connectivity index (χ1n) is 2.62. The Morgan fingerprint density at radius 3 is 2.36 bits per heavy atom. The Labute approximate surface area is 73.0 Å². The Kier molecular flexibility index (Phi) is 2.71. The number of nitrogens with one attached hydrogen (secondary N) is 1. The summed E-state index contributed by atoms with van der Waals surface area (Å²) in [4.78, 5) is 7.40. The van der Waals surface area contributed by atoms with Crippen molar-refractivity contribution >= 4 is 34.4 Å². The number of hydrogen-bond donors (Lipinski definition) is 1. The van der Waals surface area contributed by atoms with Crippen molar-refractivity contribution in [2.24, 2.45) is 0 Å². The minimum Gasteiger partial charge on any atom is -0.281 e. The molecule has 7 heteroatoms. The largest absolute Gasteiger partial charge is 0.345 e. The van der Waals surface area contributed by atoms with E-state index in [-0.39, 0.29) is 5.95 Å². The van der Waals surface area contributed by atoms with Gasteiger partial charge in [-0.05, 0) is 28.5 Å². The molecule has 0 bridgehead atoms. The molecule has 0 aromatic carbocycles. The minimum absolute atomic E-state index is 0.154. The summed E-state index contributed by atoms with van der Waals surface area (Å²) in [5.74, 6) is -3.16. The summed E-state index contributed by atoms with van der Waals surface area (Å²) in [6.07, 6.45) is 2.97. The Balaban J connectivity index is 2.74. The molecule has 0 unspecified atom stereocenters. The lowest BCUT2D eigenvalue weighted by molar-refractivity contribution is 0.595. The van der Waals surface area contributed by atoms with Crippen LogP contribution in [0.15, 0.2) is 18.5 Å². The first kappa shape index (κ1) is 8.78. The molecule has 0 saturated carbocycles. The molecule has 1 heterocycles. The number of halogens is 2. The third-order valence-electron chi connectivity index (χ3n) is 0.796. The highest BCUT2D eigenvalue weighted by atomic mass is 35.9. The maximum atomic E-state index is 10.7. The molecule has 0 aliphatic heterocycles. The number of nitrogens with zero attached hydrogens (tertiary/aromatic N) is 2. The molecule has 0 spiro atoms. The van der Waals surface area contributed by atoms with Crippen LogP contribution in [0.1, 0.15) is 0 Å². The number of anilines is 1. The summed E-state index contributed by atoms with van der Waals surface area (Å²) in [5, 5.41) is 2.25. The first-order chi connectivity index (χ1) is 5.08. The Hall–Kier alpha value is -0.310. The van der Waals surface area contributed by atoms with Crippen LogP contribution < -0.4 is 5.09 Å². The molecule has 4 nitrogen and oxygen atoms in total. The third kappa shape index (κ3) is 3.56.